The molecule has 0 aliphatic heterocycles. The third-order valence-corrected chi connectivity index (χ3v) is 5.10. The number of hydrogen-bond acceptors (Lipinski definition) is 3. The number of carbonyl (C=O) groups is 1. The molecule has 1 amide bonds. The minimum absolute atomic E-state index is 0.0299. The van der Waals surface area contributed by atoms with Gasteiger partial charge >= 0.3 is 0 Å². The van der Waals surface area contributed by atoms with Crippen molar-refractivity contribution in [1.82, 2.24) is 20.5 Å². The zero-order valence-corrected chi connectivity index (χ0v) is 16.8. The molecule has 150 valence electrons. The van der Waals surface area contributed by atoms with Crippen LogP contribution in [0.25, 0.3) is 0 Å². The summed E-state index contributed by atoms with van der Waals surface area (Å²) in [6, 6.07) is 29.7. The molecule has 1 aromatic heterocycles. The lowest BCUT2D eigenvalue weighted by molar-refractivity contribution is -0.121. The number of nitrogens with zero attached hydrogens (tertiary/aromatic N) is 2. The quantitative estimate of drug-likeness (QED) is 0.482. The van der Waals surface area contributed by atoms with Crippen molar-refractivity contribution in [3.63, 3.8) is 0 Å². The topological polar surface area (TPSA) is 70.7 Å². The summed E-state index contributed by atoms with van der Waals surface area (Å²) in [5.74, 6) is 1.19. The van der Waals surface area contributed by atoms with Gasteiger partial charge in [-0.3, -0.25) is 9.89 Å². The largest absolute Gasteiger partial charge is 0.342 e. The van der Waals surface area contributed by atoms with E-state index in [-0.39, 0.29) is 11.8 Å². The van der Waals surface area contributed by atoms with E-state index in [1.807, 2.05) is 73.7 Å². The van der Waals surface area contributed by atoms with E-state index in [9.17, 15) is 4.79 Å². The van der Waals surface area contributed by atoms with Crippen LogP contribution in [0, 0.1) is 6.92 Å². The highest BCUT2D eigenvalue weighted by atomic mass is 16.1. The second kappa shape index (κ2) is 9.18. The molecule has 1 unspecified atom stereocenters. The van der Waals surface area contributed by atoms with Gasteiger partial charge in [0.2, 0.25) is 5.91 Å². The second-order valence-corrected chi connectivity index (χ2v) is 7.27. The first-order valence-corrected chi connectivity index (χ1v) is 10.0. The number of carbonyl (C=O) groups excluding carboxylic acids is 1. The number of rotatable bonds is 7. The first-order valence-electron chi connectivity index (χ1n) is 10.0. The van der Waals surface area contributed by atoms with Crippen LogP contribution >= 0.6 is 0 Å². The maximum Gasteiger partial charge on any atom is 0.221 e. The van der Waals surface area contributed by atoms with Crippen LogP contribution in [-0.4, -0.2) is 21.1 Å². The number of nitrogens with one attached hydrogen (secondary N) is 2. The molecular weight excluding hydrogens is 372 g/mol. The van der Waals surface area contributed by atoms with Crippen molar-refractivity contribution in [2.75, 3.05) is 0 Å². The minimum atomic E-state index is -0.407. The van der Waals surface area contributed by atoms with Crippen molar-refractivity contribution in [1.29, 1.82) is 0 Å². The van der Waals surface area contributed by atoms with Gasteiger partial charge in [0.25, 0.3) is 0 Å². The molecule has 30 heavy (non-hydrogen) atoms. The van der Waals surface area contributed by atoms with Crippen LogP contribution < -0.4 is 5.32 Å². The Bertz CT molecular complexity index is 1040. The normalized spacial score (nSPS) is 11.9. The number of aryl methyl sites for hydroxylation is 1. The molecule has 0 fully saturated rings. The van der Waals surface area contributed by atoms with Crippen LogP contribution in [0.5, 0.6) is 0 Å². The number of aromatic amines is 1. The summed E-state index contributed by atoms with van der Waals surface area (Å²) in [5.41, 5.74) is 3.17. The van der Waals surface area contributed by atoms with Gasteiger partial charge in [-0.15, -0.1) is 0 Å². The van der Waals surface area contributed by atoms with Gasteiger partial charge < -0.3 is 5.32 Å². The summed E-state index contributed by atoms with van der Waals surface area (Å²) >= 11 is 0. The lowest BCUT2D eigenvalue weighted by Gasteiger charge is -2.21. The summed E-state index contributed by atoms with van der Waals surface area (Å²) in [6.45, 7) is 1.85. The number of hydrogen-bond donors (Lipinski definition) is 2. The van der Waals surface area contributed by atoms with E-state index in [0.717, 1.165) is 16.7 Å². The van der Waals surface area contributed by atoms with Crippen LogP contribution in [0.15, 0.2) is 91.0 Å². The second-order valence-electron chi connectivity index (χ2n) is 7.27. The van der Waals surface area contributed by atoms with Gasteiger partial charge in [-0.05, 0) is 23.6 Å². The molecule has 3 aromatic carbocycles. The van der Waals surface area contributed by atoms with Crippen LogP contribution in [-0.2, 0) is 4.79 Å². The Labute approximate surface area is 176 Å². The molecule has 0 radical (unpaired) electrons. The Hall–Kier alpha value is -3.73. The first kappa shape index (κ1) is 19.6. The maximum atomic E-state index is 13.2. The molecule has 5 heteroatoms. The molecule has 0 saturated carbocycles. The fraction of sp³-hybridized carbons (Fsp3) is 0.160. The van der Waals surface area contributed by atoms with Crippen LogP contribution in [0.1, 0.15) is 46.7 Å². The van der Waals surface area contributed by atoms with Gasteiger partial charge in [0.15, 0.2) is 5.82 Å². The van der Waals surface area contributed by atoms with Gasteiger partial charge in [-0.1, -0.05) is 91.0 Å². The molecule has 2 N–H and O–H groups in total. The lowest BCUT2D eigenvalue weighted by Crippen LogP contribution is -2.31. The summed E-state index contributed by atoms with van der Waals surface area (Å²) < 4.78 is 0. The molecule has 0 bridgehead atoms. The van der Waals surface area contributed by atoms with Gasteiger partial charge in [-0.25, -0.2) is 4.98 Å². The van der Waals surface area contributed by atoms with E-state index in [4.69, 9.17) is 0 Å². The van der Waals surface area contributed by atoms with Crippen LogP contribution in [0.2, 0.25) is 0 Å². The maximum absolute atomic E-state index is 13.2. The lowest BCUT2D eigenvalue weighted by atomic mass is 9.88. The molecule has 5 nitrogen and oxygen atoms in total. The van der Waals surface area contributed by atoms with Gasteiger partial charge in [-0.2, -0.15) is 5.10 Å². The number of aromatic nitrogens is 3. The Morgan fingerprint density at radius 3 is 1.80 bits per heavy atom. The Kier molecular flexibility index (Phi) is 5.99. The van der Waals surface area contributed by atoms with Crippen molar-refractivity contribution in [2.24, 2.45) is 0 Å². The molecule has 1 heterocycles. The monoisotopic (exact) mass is 396 g/mol. The molecule has 0 aliphatic rings. The first-order chi connectivity index (χ1) is 14.7. The molecule has 1 atom stereocenters. The van der Waals surface area contributed by atoms with Gasteiger partial charge in [0, 0.05) is 12.3 Å². The zero-order chi connectivity index (χ0) is 20.8. The van der Waals surface area contributed by atoms with Crippen LogP contribution in [0.3, 0.4) is 0 Å². The predicted octanol–water partition coefficient (Wildman–Crippen LogP) is 4.54. The van der Waals surface area contributed by atoms with Crippen LogP contribution in [0.4, 0.5) is 0 Å². The fourth-order valence-electron chi connectivity index (χ4n) is 3.64. The number of H-pyrrole nitrogens is 1. The highest BCUT2D eigenvalue weighted by Crippen LogP contribution is 2.28. The standard InChI is InChI=1S/C25H24N4O/c1-18-26-25(29-28-18)24(21-15-9-4-10-16-21)27-23(30)17-22(19-11-5-2-6-12-19)20-13-7-3-8-14-20/h2-16,22,24H,17H2,1H3,(H,27,30)(H,26,28,29). The van der Waals surface area contributed by atoms with E-state index in [1.165, 1.54) is 0 Å². The summed E-state index contributed by atoms with van der Waals surface area (Å²) in [4.78, 5) is 17.6. The molecule has 4 rings (SSSR count). The molecule has 0 aliphatic carbocycles. The van der Waals surface area contributed by atoms with Crippen molar-refractivity contribution >= 4 is 5.91 Å². The van der Waals surface area contributed by atoms with Crippen molar-refractivity contribution < 1.29 is 4.79 Å². The average molecular weight is 396 g/mol. The molecule has 0 spiro atoms. The highest BCUT2D eigenvalue weighted by Gasteiger charge is 2.24. The number of benzene rings is 3. The van der Waals surface area contributed by atoms with E-state index >= 15 is 0 Å². The average Bonchev–Trinajstić information content (AvgIpc) is 3.23. The van der Waals surface area contributed by atoms with Crippen molar-refractivity contribution in [3.05, 3.63) is 119 Å². The fourth-order valence-corrected chi connectivity index (χ4v) is 3.64. The molecule has 4 aromatic rings. The Morgan fingerprint density at radius 2 is 1.33 bits per heavy atom. The number of amides is 1. The van der Waals surface area contributed by atoms with Crippen molar-refractivity contribution in [2.45, 2.75) is 25.3 Å². The highest BCUT2D eigenvalue weighted by molar-refractivity contribution is 5.78. The van der Waals surface area contributed by atoms with Gasteiger partial charge in [0.05, 0.1) is 0 Å². The summed E-state index contributed by atoms with van der Waals surface area (Å²) in [6.07, 6.45) is 0.334. The van der Waals surface area contributed by atoms with Crippen molar-refractivity contribution in [3.8, 4) is 0 Å². The minimum Gasteiger partial charge on any atom is -0.342 e. The summed E-state index contributed by atoms with van der Waals surface area (Å²) in [5, 5.41) is 10.3. The van der Waals surface area contributed by atoms with Gasteiger partial charge in [0.1, 0.15) is 11.9 Å². The molecule has 0 saturated heterocycles. The smallest absolute Gasteiger partial charge is 0.221 e. The molecular formula is C25H24N4O. The third-order valence-electron chi connectivity index (χ3n) is 5.10. The van der Waals surface area contributed by atoms with E-state index in [2.05, 4.69) is 44.8 Å². The predicted molar refractivity (Wildman–Crippen MR) is 117 cm³/mol. The summed E-state index contributed by atoms with van der Waals surface area (Å²) in [7, 11) is 0. The van der Waals surface area contributed by atoms with E-state index in [0.29, 0.717) is 18.1 Å². The Balaban J connectivity index is 1.60. The zero-order valence-electron chi connectivity index (χ0n) is 16.8. The Morgan fingerprint density at radius 1 is 0.833 bits per heavy atom. The SMILES string of the molecule is Cc1nc(C(NC(=O)CC(c2ccccc2)c2ccccc2)c2ccccc2)n[nH]1. The third kappa shape index (κ3) is 4.63. The van der Waals surface area contributed by atoms with E-state index < -0.39 is 6.04 Å². The van der Waals surface area contributed by atoms with E-state index in [1.54, 1.807) is 0 Å².